The molecule has 0 saturated carbocycles. The highest BCUT2D eigenvalue weighted by Crippen LogP contribution is 2.53. The molecule has 282 valence electrons. The van der Waals surface area contributed by atoms with Crippen LogP contribution in [0.4, 0.5) is 0 Å². The molecule has 3 aromatic rings. The van der Waals surface area contributed by atoms with Crippen LogP contribution in [0, 0.1) is 23.7 Å². The maximum Gasteiger partial charge on any atom is 0.355 e. The highest BCUT2D eigenvalue weighted by Gasteiger charge is 2.57. The van der Waals surface area contributed by atoms with E-state index in [-0.39, 0.29) is 18.3 Å². The van der Waals surface area contributed by atoms with E-state index in [1.807, 2.05) is 80.2 Å². The molecule has 3 aliphatic rings. The normalized spacial score (nSPS) is 30.1. The highest BCUT2D eigenvalue weighted by atomic mass is 16.6. The molecule has 1 spiro atoms. The lowest BCUT2D eigenvalue weighted by Gasteiger charge is -2.41. The Hall–Kier alpha value is -4.58. The first kappa shape index (κ1) is 38.2. The summed E-state index contributed by atoms with van der Waals surface area (Å²) in [6, 6.07) is 16.5. The number of esters is 3. The van der Waals surface area contributed by atoms with Gasteiger partial charge in [0.2, 0.25) is 0 Å². The fourth-order valence-corrected chi connectivity index (χ4v) is 8.05. The molecule has 0 amide bonds. The number of hydrogen-bond donors (Lipinski definition) is 2. The number of fused-ring (bicyclic) bond motifs is 1. The van der Waals surface area contributed by atoms with Crippen LogP contribution in [0.3, 0.4) is 0 Å². The van der Waals surface area contributed by atoms with Crippen LogP contribution in [0.5, 0.6) is 0 Å². The van der Waals surface area contributed by atoms with Gasteiger partial charge in [-0.25, -0.2) is 19.0 Å². The fraction of sp³-hybridized carbons (Fsp3) is 0.476. The van der Waals surface area contributed by atoms with E-state index in [0.717, 1.165) is 11.1 Å². The molecule has 1 unspecified atom stereocenters. The van der Waals surface area contributed by atoms with Crippen LogP contribution < -0.4 is 4.57 Å². The number of aliphatic hydroxyl groups excluding tert-OH is 1. The summed E-state index contributed by atoms with van der Waals surface area (Å²) in [6.07, 6.45) is 7.95. The molecule has 4 heterocycles. The third kappa shape index (κ3) is 8.17. The van der Waals surface area contributed by atoms with E-state index in [4.69, 9.17) is 23.7 Å². The van der Waals surface area contributed by atoms with E-state index in [9.17, 15) is 19.5 Å². The quantitative estimate of drug-likeness (QED) is 0.115. The van der Waals surface area contributed by atoms with Crippen LogP contribution >= 0.6 is 0 Å². The second-order valence-electron chi connectivity index (χ2n) is 14.8. The maximum absolute atomic E-state index is 13.8. The molecule has 1 aliphatic carbocycles. The summed E-state index contributed by atoms with van der Waals surface area (Å²) < 4.78 is 33.1. The van der Waals surface area contributed by atoms with E-state index in [0.29, 0.717) is 24.2 Å². The Labute approximate surface area is 310 Å². The highest BCUT2D eigenvalue weighted by molar-refractivity contribution is 5.89. The molecule has 0 radical (unpaired) electrons. The van der Waals surface area contributed by atoms with E-state index >= 15 is 0 Å². The molecule has 2 aromatic heterocycles. The van der Waals surface area contributed by atoms with Gasteiger partial charge in [-0.05, 0) is 63.5 Å². The summed E-state index contributed by atoms with van der Waals surface area (Å²) in [5, 5.41) is 10.7. The number of aliphatic hydroxyl groups is 1. The molecular formula is C42H51N2O9+. The van der Waals surface area contributed by atoms with Gasteiger partial charge in [0.25, 0.3) is 0 Å². The molecular weight excluding hydrogens is 676 g/mol. The summed E-state index contributed by atoms with van der Waals surface area (Å²) in [4.78, 5) is 43.4. The second-order valence-corrected chi connectivity index (χ2v) is 14.8. The molecule has 6 rings (SSSR count). The molecule has 1 aromatic carbocycles. The summed E-state index contributed by atoms with van der Waals surface area (Å²) >= 11 is 0. The SMILES string of the molecule is CO[C@H]1CC2C=C[C@@H]3C[C@]2(O[C@H]3[C@H](OC(=O)c2ccc[nH]2)[C@H](C)[C@H](C)O)/C(C)=C/[C@@H](C)[C@@H]([C@@H](C)OC(=O)c2cccc(C[n+]3ccccc3)c2)OC1=O. The van der Waals surface area contributed by atoms with Gasteiger partial charge < -0.3 is 33.8 Å². The van der Waals surface area contributed by atoms with Gasteiger partial charge in [0.05, 0.1) is 17.3 Å². The monoisotopic (exact) mass is 727 g/mol. The Morgan fingerprint density at radius 1 is 1.02 bits per heavy atom. The molecule has 1 fully saturated rings. The summed E-state index contributed by atoms with van der Waals surface area (Å²) in [7, 11) is 1.48. The average Bonchev–Trinajstić information content (AvgIpc) is 3.80. The second kappa shape index (κ2) is 16.2. The van der Waals surface area contributed by atoms with Gasteiger partial charge in [0.15, 0.2) is 25.0 Å². The lowest BCUT2D eigenvalue weighted by molar-refractivity contribution is -0.688. The number of aromatic nitrogens is 2. The first-order chi connectivity index (χ1) is 25.4. The molecule has 11 atom stereocenters. The zero-order valence-corrected chi connectivity index (χ0v) is 31.2. The minimum atomic E-state index is -0.922. The number of cyclic esters (lactones) is 1. The fourth-order valence-electron chi connectivity index (χ4n) is 8.05. The van der Waals surface area contributed by atoms with Gasteiger partial charge in [-0.3, -0.25) is 0 Å². The van der Waals surface area contributed by atoms with Gasteiger partial charge in [-0.2, -0.15) is 0 Å². The zero-order chi connectivity index (χ0) is 37.9. The summed E-state index contributed by atoms with van der Waals surface area (Å²) in [5.41, 5.74) is 1.72. The number of H-pyrrole nitrogens is 1. The number of carbonyl (C=O) groups excluding carboxylic acids is 3. The molecule has 2 aliphatic heterocycles. The van der Waals surface area contributed by atoms with Crippen molar-refractivity contribution >= 4 is 17.9 Å². The Morgan fingerprint density at radius 2 is 1.79 bits per heavy atom. The number of rotatable bonds is 11. The van der Waals surface area contributed by atoms with Crippen LogP contribution in [0.1, 0.15) is 73.9 Å². The maximum atomic E-state index is 13.8. The number of methoxy groups -OCH3 is 1. The van der Waals surface area contributed by atoms with Crippen molar-refractivity contribution < 1.29 is 47.7 Å². The van der Waals surface area contributed by atoms with Crippen molar-refractivity contribution in [3.8, 4) is 0 Å². The van der Waals surface area contributed by atoms with Gasteiger partial charge in [0.1, 0.15) is 30.1 Å². The third-order valence-electron chi connectivity index (χ3n) is 11.2. The van der Waals surface area contributed by atoms with Crippen LogP contribution in [0.15, 0.2) is 97.0 Å². The molecule has 1 saturated heterocycles. The summed E-state index contributed by atoms with van der Waals surface area (Å²) in [6.45, 7) is 9.79. The van der Waals surface area contributed by atoms with Crippen molar-refractivity contribution in [1.29, 1.82) is 0 Å². The van der Waals surface area contributed by atoms with Crippen LogP contribution in [-0.2, 0) is 35.0 Å². The summed E-state index contributed by atoms with van der Waals surface area (Å²) in [5.74, 6) is -2.83. The van der Waals surface area contributed by atoms with Crippen molar-refractivity contribution in [3.63, 3.8) is 0 Å². The van der Waals surface area contributed by atoms with Crippen molar-refractivity contribution in [2.24, 2.45) is 23.7 Å². The van der Waals surface area contributed by atoms with E-state index in [2.05, 4.69) is 17.1 Å². The minimum Gasteiger partial charge on any atom is -0.456 e. The van der Waals surface area contributed by atoms with Crippen LogP contribution in [0.2, 0.25) is 0 Å². The number of hydrogen-bond acceptors (Lipinski definition) is 9. The number of nitrogens with zero attached hydrogens (tertiary/aromatic N) is 1. The number of ether oxygens (including phenoxy) is 5. The van der Waals surface area contributed by atoms with E-state index < -0.39 is 72.0 Å². The predicted molar refractivity (Wildman–Crippen MR) is 194 cm³/mol. The van der Waals surface area contributed by atoms with Gasteiger partial charge in [-0.15, -0.1) is 0 Å². The topological polar surface area (TPSA) is 137 Å². The third-order valence-corrected chi connectivity index (χ3v) is 11.2. The van der Waals surface area contributed by atoms with Crippen molar-refractivity contribution in [2.45, 2.75) is 96.2 Å². The minimum absolute atomic E-state index is 0.129. The lowest BCUT2D eigenvalue weighted by atomic mass is 9.69. The molecule has 11 nitrogen and oxygen atoms in total. The number of nitrogens with one attached hydrogen (secondary N) is 1. The smallest absolute Gasteiger partial charge is 0.355 e. The zero-order valence-electron chi connectivity index (χ0n) is 31.2. The predicted octanol–water partition coefficient (Wildman–Crippen LogP) is 5.38. The Balaban J connectivity index is 1.26. The first-order valence-electron chi connectivity index (χ1n) is 18.4. The van der Waals surface area contributed by atoms with Crippen molar-refractivity contribution in [3.05, 3.63) is 114 Å². The van der Waals surface area contributed by atoms with Gasteiger partial charge in [0, 0.05) is 54.7 Å². The average molecular weight is 728 g/mol. The number of carbonyl (C=O) groups is 3. The van der Waals surface area contributed by atoms with E-state index in [1.165, 1.54) is 7.11 Å². The van der Waals surface area contributed by atoms with Gasteiger partial charge in [-0.1, -0.05) is 50.3 Å². The van der Waals surface area contributed by atoms with Crippen LogP contribution in [-0.4, -0.2) is 77.3 Å². The number of aromatic amines is 1. The Morgan fingerprint density at radius 3 is 2.49 bits per heavy atom. The van der Waals surface area contributed by atoms with Gasteiger partial charge >= 0.3 is 17.9 Å². The lowest BCUT2D eigenvalue weighted by Crippen LogP contribution is -2.48. The number of benzene rings is 1. The molecule has 11 heteroatoms. The molecule has 53 heavy (non-hydrogen) atoms. The Bertz CT molecular complexity index is 1810. The number of pyridine rings is 1. The van der Waals surface area contributed by atoms with Crippen molar-refractivity contribution in [1.82, 2.24) is 4.98 Å². The molecule has 2 N–H and O–H groups in total. The van der Waals surface area contributed by atoms with Crippen molar-refractivity contribution in [2.75, 3.05) is 7.11 Å². The van der Waals surface area contributed by atoms with Crippen LogP contribution in [0.25, 0.3) is 0 Å². The van der Waals surface area contributed by atoms with E-state index in [1.54, 1.807) is 38.2 Å². The largest absolute Gasteiger partial charge is 0.456 e. The molecule has 2 bridgehead atoms. The first-order valence-corrected chi connectivity index (χ1v) is 18.4. The standard InChI is InChI=1S/C42H50N2O9/c1-25-20-26(2)42-23-32(38(53-42)37(27(3)28(4)45)52-40(47)34-14-11-17-43-34)15-16-33(42)22-35(49-6)41(48)51-36(25)29(5)50-39(46)31-13-10-12-30(21-31)24-44-18-8-7-9-19-44/h7-21,25,27-29,32-33,35-38,45H,22-24H2,1-6H3/p+1/b26-20+/t25-,27-,28+,29-,32-,33?,35+,36+,37-,38-,42+/m1/s1. The Kier molecular flexibility index (Phi) is 11.7.